The smallest absolute Gasteiger partial charge is 0.278 e. The van der Waals surface area contributed by atoms with E-state index >= 15 is 0 Å². The molecule has 0 atom stereocenters. The van der Waals surface area contributed by atoms with Gasteiger partial charge in [-0.1, -0.05) is 24.3 Å². The fraction of sp³-hybridized carbons (Fsp3) is 0.200. The Labute approximate surface area is 165 Å². The highest BCUT2D eigenvalue weighted by molar-refractivity contribution is 9.10. The largest absolute Gasteiger partial charge is 0.491 e. The first kappa shape index (κ1) is 19.1. The highest BCUT2D eigenvalue weighted by Crippen LogP contribution is 2.33. The molecule has 0 aliphatic carbocycles. The standard InChI is InChI=1S/C20H19BrN2O4/c1-2-26-17-11-14(21)12-22-19(17)20(25)23-15-7-3-5-13-6-4-8-16(18(13)15)27-10-9-24/h3-8,11-12,24H,2,9-10H2,1H3,(H,23,25). The predicted octanol–water partition coefficient (Wildman–Crippen LogP) is 4.02. The molecule has 1 heterocycles. The van der Waals surface area contributed by atoms with E-state index in [-0.39, 0.29) is 24.8 Å². The van der Waals surface area contributed by atoms with E-state index in [9.17, 15) is 4.79 Å². The van der Waals surface area contributed by atoms with E-state index in [2.05, 4.69) is 26.2 Å². The number of carbonyl (C=O) groups excluding carboxylic acids is 1. The van der Waals surface area contributed by atoms with Crippen molar-refractivity contribution in [1.29, 1.82) is 0 Å². The number of aliphatic hydroxyl groups is 1. The van der Waals surface area contributed by atoms with Crippen molar-refractivity contribution in [3.05, 3.63) is 58.8 Å². The van der Waals surface area contributed by atoms with Crippen molar-refractivity contribution in [2.24, 2.45) is 0 Å². The maximum atomic E-state index is 12.8. The second-order valence-corrected chi connectivity index (χ2v) is 6.53. The molecule has 0 fully saturated rings. The summed E-state index contributed by atoms with van der Waals surface area (Å²) in [6.45, 7) is 2.35. The number of carbonyl (C=O) groups is 1. The highest BCUT2D eigenvalue weighted by Gasteiger charge is 2.17. The van der Waals surface area contributed by atoms with Gasteiger partial charge in [-0.05, 0) is 46.4 Å². The molecule has 2 aromatic carbocycles. The Bertz CT molecular complexity index is 957. The summed E-state index contributed by atoms with van der Waals surface area (Å²) in [5, 5.41) is 13.6. The summed E-state index contributed by atoms with van der Waals surface area (Å²) >= 11 is 3.34. The van der Waals surface area contributed by atoms with Gasteiger partial charge in [-0.25, -0.2) is 4.98 Å². The van der Waals surface area contributed by atoms with E-state index in [1.807, 2.05) is 31.2 Å². The molecule has 3 rings (SSSR count). The van der Waals surface area contributed by atoms with E-state index < -0.39 is 0 Å². The zero-order valence-electron chi connectivity index (χ0n) is 14.7. The molecule has 0 radical (unpaired) electrons. The molecule has 0 spiro atoms. The summed E-state index contributed by atoms with van der Waals surface area (Å²) in [5.41, 5.74) is 0.795. The van der Waals surface area contributed by atoms with Gasteiger partial charge in [0.15, 0.2) is 11.4 Å². The number of anilines is 1. The lowest BCUT2D eigenvalue weighted by atomic mass is 10.1. The van der Waals surface area contributed by atoms with Gasteiger partial charge in [0.25, 0.3) is 5.91 Å². The van der Waals surface area contributed by atoms with E-state index in [0.717, 1.165) is 15.2 Å². The van der Waals surface area contributed by atoms with Crippen LogP contribution in [0.4, 0.5) is 5.69 Å². The topological polar surface area (TPSA) is 80.7 Å². The molecule has 1 aromatic heterocycles. The fourth-order valence-corrected chi connectivity index (χ4v) is 3.04. The van der Waals surface area contributed by atoms with Gasteiger partial charge in [-0.2, -0.15) is 0 Å². The normalized spacial score (nSPS) is 10.6. The number of benzene rings is 2. The van der Waals surface area contributed by atoms with Crippen LogP contribution in [0.15, 0.2) is 53.1 Å². The molecule has 7 heteroatoms. The van der Waals surface area contributed by atoms with Gasteiger partial charge in [0.1, 0.15) is 12.4 Å². The SMILES string of the molecule is CCOc1cc(Br)cnc1C(=O)Nc1cccc2cccc(OCCO)c12. The van der Waals surface area contributed by atoms with E-state index in [4.69, 9.17) is 14.6 Å². The number of nitrogens with one attached hydrogen (secondary N) is 1. The van der Waals surface area contributed by atoms with Gasteiger partial charge in [0.2, 0.25) is 0 Å². The van der Waals surface area contributed by atoms with Crippen LogP contribution in [0.25, 0.3) is 10.8 Å². The summed E-state index contributed by atoms with van der Waals surface area (Å²) in [7, 11) is 0. The van der Waals surface area contributed by atoms with Crippen molar-refractivity contribution in [2.75, 3.05) is 25.1 Å². The first-order valence-corrected chi connectivity index (χ1v) is 9.28. The van der Waals surface area contributed by atoms with Gasteiger partial charge in [0.05, 0.1) is 18.9 Å². The van der Waals surface area contributed by atoms with Crippen molar-refractivity contribution >= 4 is 38.3 Å². The number of nitrogens with zero attached hydrogens (tertiary/aromatic N) is 1. The lowest BCUT2D eigenvalue weighted by molar-refractivity contribution is 0.101. The predicted molar refractivity (Wildman–Crippen MR) is 108 cm³/mol. The van der Waals surface area contributed by atoms with Crippen LogP contribution in [0.2, 0.25) is 0 Å². The molecule has 2 N–H and O–H groups in total. The van der Waals surface area contributed by atoms with E-state index in [1.165, 1.54) is 0 Å². The maximum Gasteiger partial charge on any atom is 0.278 e. The van der Waals surface area contributed by atoms with Crippen molar-refractivity contribution in [2.45, 2.75) is 6.92 Å². The van der Waals surface area contributed by atoms with Crippen LogP contribution >= 0.6 is 15.9 Å². The molecular formula is C20H19BrN2O4. The third kappa shape index (κ3) is 4.37. The number of ether oxygens (including phenoxy) is 2. The summed E-state index contributed by atoms with van der Waals surface area (Å²) < 4.78 is 11.9. The van der Waals surface area contributed by atoms with Gasteiger partial charge >= 0.3 is 0 Å². The quantitative estimate of drug-likeness (QED) is 0.591. The zero-order valence-corrected chi connectivity index (χ0v) is 16.3. The molecule has 27 heavy (non-hydrogen) atoms. The molecule has 0 saturated heterocycles. The van der Waals surface area contributed by atoms with Crippen molar-refractivity contribution < 1.29 is 19.4 Å². The van der Waals surface area contributed by atoms with Gasteiger partial charge in [0, 0.05) is 16.1 Å². The van der Waals surface area contributed by atoms with Crippen LogP contribution in [-0.4, -0.2) is 35.8 Å². The summed E-state index contributed by atoms with van der Waals surface area (Å²) in [4.78, 5) is 17.0. The van der Waals surface area contributed by atoms with Gasteiger partial charge < -0.3 is 19.9 Å². The van der Waals surface area contributed by atoms with E-state index in [1.54, 1.807) is 24.4 Å². The average molecular weight is 431 g/mol. The Balaban J connectivity index is 1.98. The number of fused-ring (bicyclic) bond motifs is 1. The third-order valence-corrected chi connectivity index (χ3v) is 4.23. The van der Waals surface area contributed by atoms with Crippen LogP contribution in [-0.2, 0) is 0 Å². The number of halogens is 1. The number of aromatic nitrogens is 1. The average Bonchev–Trinajstić information content (AvgIpc) is 2.66. The van der Waals surface area contributed by atoms with Crippen LogP contribution < -0.4 is 14.8 Å². The summed E-state index contributed by atoms with van der Waals surface area (Å²) in [6.07, 6.45) is 1.55. The summed E-state index contributed by atoms with van der Waals surface area (Å²) in [5.74, 6) is 0.614. The van der Waals surface area contributed by atoms with Crippen molar-refractivity contribution in [3.8, 4) is 11.5 Å². The zero-order chi connectivity index (χ0) is 19.2. The van der Waals surface area contributed by atoms with Crippen LogP contribution in [0.1, 0.15) is 17.4 Å². The molecule has 1 amide bonds. The number of pyridine rings is 1. The molecular weight excluding hydrogens is 412 g/mol. The molecule has 0 saturated carbocycles. The Morgan fingerprint density at radius 1 is 1.19 bits per heavy atom. The van der Waals surface area contributed by atoms with Crippen molar-refractivity contribution in [3.63, 3.8) is 0 Å². The Kier molecular flexibility index (Phi) is 6.26. The van der Waals surface area contributed by atoms with Crippen LogP contribution in [0.5, 0.6) is 11.5 Å². The lowest BCUT2D eigenvalue weighted by Gasteiger charge is -2.14. The second kappa shape index (κ2) is 8.83. The Morgan fingerprint density at radius 2 is 1.96 bits per heavy atom. The molecule has 0 unspecified atom stereocenters. The van der Waals surface area contributed by atoms with Gasteiger partial charge in [-0.3, -0.25) is 4.79 Å². The minimum absolute atomic E-state index is 0.0918. The first-order valence-electron chi connectivity index (χ1n) is 8.49. The van der Waals surface area contributed by atoms with Crippen LogP contribution in [0.3, 0.4) is 0 Å². The summed E-state index contributed by atoms with van der Waals surface area (Å²) in [6, 6.07) is 12.9. The molecule has 0 bridgehead atoms. The lowest BCUT2D eigenvalue weighted by Crippen LogP contribution is -2.16. The van der Waals surface area contributed by atoms with E-state index in [0.29, 0.717) is 23.8 Å². The molecule has 6 nitrogen and oxygen atoms in total. The third-order valence-electron chi connectivity index (χ3n) is 3.80. The molecule has 140 valence electrons. The van der Waals surface area contributed by atoms with Crippen molar-refractivity contribution in [1.82, 2.24) is 4.98 Å². The monoisotopic (exact) mass is 430 g/mol. The number of amides is 1. The number of hydrogen-bond acceptors (Lipinski definition) is 5. The molecule has 0 aliphatic rings. The van der Waals surface area contributed by atoms with Crippen LogP contribution in [0, 0.1) is 0 Å². The minimum Gasteiger partial charge on any atom is -0.491 e. The van der Waals surface area contributed by atoms with Gasteiger partial charge in [-0.15, -0.1) is 0 Å². The number of aliphatic hydroxyl groups excluding tert-OH is 1. The number of rotatable bonds is 7. The first-order chi connectivity index (χ1) is 13.1. The Hall–Kier alpha value is -2.64. The Morgan fingerprint density at radius 3 is 2.70 bits per heavy atom. The highest BCUT2D eigenvalue weighted by atomic mass is 79.9. The fourth-order valence-electron chi connectivity index (χ4n) is 2.72. The minimum atomic E-state index is -0.379. The molecule has 3 aromatic rings. The number of hydrogen-bond donors (Lipinski definition) is 2. The second-order valence-electron chi connectivity index (χ2n) is 5.62. The maximum absolute atomic E-state index is 12.8. The molecule has 0 aliphatic heterocycles.